The molecule has 0 bridgehead atoms. The van der Waals surface area contributed by atoms with Crippen LogP contribution in [0.5, 0.6) is 0 Å². The number of benzene rings is 1. The summed E-state index contributed by atoms with van der Waals surface area (Å²) in [6.07, 6.45) is 0.982. The Labute approximate surface area is 115 Å². The summed E-state index contributed by atoms with van der Waals surface area (Å²) in [5.41, 5.74) is 1.21. The number of thioether (sulfide) groups is 1. The SMILES string of the molecule is CCSCC(Cc1ccc(Br)cc1Cl)NC. The lowest BCUT2D eigenvalue weighted by atomic mass is 10.1. The predicted octanol–water partition coefficient (Wildman–Crippen LogP) is 3.99. The summed E-state index contributed by atoms with van der Waals surface area (Å²) in [6.45, 7) is 2.18. The van der Waals surface area contributed by atoms with Gasteiger partial charge in [-0.15, -0.1) is 0 Å². The Bertz CT molecular complexity index is 333. The first-order chi connectivity index (χ1) is 7.67. The quantitative estimate of drug-likeness (QED) is 0.850. The van der Waals surface area contributed by atoms with Gasteiger partial charge in [-0.05, 0) is 36.9 Å². The molecule has 0 saturated heterocycles. The smallest absolute Gasteiger partial charge is 0.0449 e. The van der Waals surface area contributed by atoms with Gasteiger partial charge in [0, 0.05) is 21.3 Å². The zero-order chi connectivity index (χ0) is 12.0. The lowest BCUT2D eigenvalue weighted by Gasteiger charge is -2.16. The topological polar surface area (TPSA) is 12.0 Å². The lowest BCUT2D eigenvalue weighted by molar-refractivity contribution is 0.617. The van der Waals surface area contributed by atoms with Crippen LogP contribution in [-0.4, -0.2) is 24.6 Å². The summed E-state index contributed by atoms with van der Waals surface area (Å²) in [6, 6.07) is 6.58. The molecule has 1 unspecified atom stereocenters. The molecule has 0 aromatic heterocycles. The minimum absolute atomic E-state index is 0.489. The molecule has 1 N–H and O–H groups in total. The third-order valence-electron chi connectivity index (χ3n) is 2.41. The van der Waals surface area contributed by atoms with E-state index in [1.165, 1.54) is 5.56 Å². The van der Waals surface area contributed by atoms with Gasteiger partial charge in [0.05, 0.1) is 0 Å². The first-order valence-electron chi connectivity index (χ1n) is 5.36. The third kappa shape index (κ3) is 4.66. The van der Waals surface area contributed by atoms with E-state index in [0.717, 1.165) is 27.4 Å². The van der Waals surface area contributed by atoms with Gasteiger partial charge in [0.15, 0.2) is 0 Å². The molecule has 0 saturated carbocycles. The maximum absolute atomic E-state index is 6.20. The van der Waals surface area contributed by atoms with Crippen LogP contribution in [0.2, 0.25) is 5.02 Å². The highest BCUT2D eigenvalue weighted by Gasteiger charge is 2.09. The van der Waals surface area contributed by atoms with Gasteiger partial charge >= 0.3 is 0 Å². The molecular weight excluding hydrogens is 306 g/mol. The molecular formula is C12H17BrClNS. The largest absolute Gasteiger partial charge is 0.316 e. The van der Waals surface area contributed by atoms with E-state index in [2.05, 4.69) is 34.2 Å². The normalized spacial score (nSPS) is 12.8. The van der Waals surface area contributed by atoms with E-state index in [-0.39, 0.29) is 0 Å². The van der Waals surface area contributed by atoms with E-state index in [0.29, 0.717) is 6.04 Å². The van der Waals surface area contributed by atoms with Crippen LogP contribution >= 0.6 is 39.3 Å². The summed E-state index contributed by atoms with van der Waals surface area (Å²) in [5.74, 6) is 2.28. The second-order valence-electron chi connectivity index (χ2n) is 3.58. The van der Waals surface area contributed by atoms with Crippen LogP contribution in [0.4, 0.5) is 0 Å². The second kappa shape index (κ2) is 7.59. The fraction of sp³-hybridized carbons (Fsp3) is 0.500. The van der Waals surface area contributed by atoms with E-state index in [1.807, 2.05) is 30.9 Å². The molecule has 16 heavy (non-hydrogen) atoms. The number of likely N-dealkylation sites (N-methyl/N-ethyl adjacent to an activating group) is 1. The first kappa shape index (κ1) is 14.4. The number of rotatable bonds is 6. The second-order valence-corrected chi connectivity index (χ2v) is 6.23. The Hall–Kier alpha value is 0.300. The summed E-state index contributed by atoms with van der Waals surface area (Å²) < 4.78 is 1.03. The first-order valence-corrected chi connectivity index (χ1v) is 7.68. The van der Waals surface area contributed by atoms with Crippen molar-refractivity contribution in [1.82, 2.24) is 5.32 Å². The lowest BCUT2D eigenvalue weighted by Crippen LogP contribution is -2.30. The van der Waals surface area contributed by atoms with E-state index in [9.17, 15) is 0 Å². The Balaban J connectivity index is 2.62. The van der Waals surface area contributed by atoms with Crippen molar-refractivity contribution in [2.45, 2.75) is 19.4 Å². The molecule has 0 spiro atoms. The van der Waals surface area contributed by atoms with Gasteiger partial charge in [-0.1, -0.05) is 40.5 Å². The highest BCUT2D eigenvalue weighted by Crippen LogP contribution is 2.23. The van der Waals surface area contributed by atoms with Crippen molar-refractivity contribution in [3.8, 4) is 0 Å². The minimum atomic E-state index is 0.489. The van der Waals surface area contributed by atoms with Gasteiger partial charge in [-0.3, -0.25) is 0 Å². The Morgan fingerprint density at radius 3 is 2.81 bits per heavy atom. The van der Waals surface area contributed by atoms with Gasteiger partial charge in [0.2, 0.25) is 0 Å². The van der Waals surface area contributed by atoms with Gasteiger partial charge in [-0.25, -0.2) is 0 Å². The number of nitrogens with one attached hydrogen (secondary N) is 1. The Morgan fingerprint density at radius 2 is 2.25 bits per heavy atom. The molecule has 0 aliphatic carbocycles. The molecule has 0 amide bonds. The van der Waals surface area contributed by atoms with E-state index >= 15 is 0 Å². The molecule has 4 heteroatoms. The average Bonchev–Trinajstić information content (AvgIpc) is 2.27. The van der Waals surface area contributed by atoms with Gasteiger partial charge in [0.1, 0.15) is 0 Å². The van der Waals surface area contributed by atoms with Crippen molar-refractivity contribution in [2.24, 2.45) is 0 Å². The van der Waals surface area contributed by atoms with Crippen molar-refractivity contribution in [2.75, 3.05) is 18.6 Å². The molecule has 1 aromatic carbocycles. The van der Waals surface area contributed by atoms with Crippen molar-refractivity contribution < 1.29 is 0 Å². The summed E-state index contributed by atoms with van der Waals surface area (Å²) in [5, 5.41) is 4.18. The standard InChI is InChI=1S/C12H17BrClNS/c1-3-16-8-11(15-2)6-9-4-5-10(13)7-12(9)14/h4-5,7,11,15H,3,6,8H2,1-2H3. The molecule has 0 aliphatic heterocycles. The van der Waals surface area contributed by atoms with Crippen molar-refractivity contribution in [3.05, 3.63) is 33.3 Å². The van der Waals surface area contributed by atoms with E-state index in [1.54, 1.807) is 0 Å². The minimum Gasteiger partial charge on any atom is -0.316 e. The fourth-order valence-electron chi connectivity index (χ4n) is 1.46. The monoisotopic (exact) mass is 321 g/mol. The average molecular weight is 323 g/mol. The molecule has 0 fully saturated rings. The zero-order valence-corrected chi connectivity index (χ0v) is 12.8. The van der Waals surface area contributed by atoms with Gasteiger partial charge in [-0.2, -0.15) is 11.8 Å². The van der Waals surface area contributed by atoms with Crippen molar-refractivity contribution >= 4 is 39.3 Å². The van der Waals surface area contributed by atoms with Crippen LogP contribution in [0.25, 0.3) is 0 Å². The van der Waals surface area contributed by atoms with E-state index < -0.39 is 0 Å². The molecule has 1 atom stereocenters. The number of hydrogen-bond acceptors (Lipinski definition) is 2. The van der Waals surface area contributed by atoms with Gasteiger partial charge in [0.25, 0.3) is 0 Å². The number of hydrogen-bond donors (Lipinski definition) is 1. The predicted molar refractivity (Wildman–Crippen MR) is 78.7 cm³/mol. The summed E-state index contributed by atoms with van der Waals surface area (Å²) in [4.78, 5) is 0. The van der Waals surface area contributed by atoms with Crippen LogP contribution in [0.3, 0.4) is 0 Å². The molecule has 1 aromatic rings. The molecule has 0 radical (unpaired) electrons. The number of halogens is 2. The van der Waals surface area contributed by atoms with Crippen LogP contribution in [-0.2, 0) is 6.42 Å². The molecule has 1 rings (SSSR count). The van der Waals surface area contributed by atoms with Crippen molar-refractivity contribution in [1.29, 1.82) is 0 Å². The van der Waals surface area contributed by atoms with E-state index in [4.69, 9.17) is 11.6 Å². The molecule has 1 nitrogen and oxygen atoms in total. The fourth-order valence-corrected chi connectivity index (χ4v) is 3.01. The molecule has 0 heterocycles. The van der Waals surface area contributed by atoms with Crippen molar-refractivity contribution in [3.63, 3.8) is 0 Å². The Morgan fingerprint density at radius 1 is 1.50 bits per heavy atom. The Kier molecular flexibility index (Phi) is 6.81. The highest BCUT2D eigenvalue weighted by molar-refractivity contribution is 9.10. The summed E-state index contributed by atoms with van der Waals surface area (Å²) >= 11 is 11.6. The van der Waals surface area contributed by atoms with Crippen LogP contribution in [0.1, 0.15) is 12.5 Å². The highest BCUT2D eigenvalue weighted by atomic mass is 79.9. The zero-order valence-electron chi connectivity index (χ0n) is 9.59. The van der Waals surface area contributed by atoms with Crippen LogP contribution in [0, 0.1) is 0 Å². The molecule has 0 aliphatic rings. The maximum atomic E-state index is 6.20. The van der Waals surface area contributed by atoms with Crippen LogP contribution < -0.4 is 5.32 Å². The van der Waals surface area contributed by atoms with Crippen LogP contribution in [0.15, 0.2) is 22.7 Å². The third-order valence-corrected chi connectivity index (χ3v) is 4.30. The summed E-state index contributed by atoms with van der Waals surface area (Å²) in [7, 11) is 2.01. The maximum Gasteiger partial charge on any atom is 0.0449 e. The molecule has 90 valence electrons. The van der Waals surface area contributed by atoms with Gasteiger partial charge < -0.3 is 5.32 Å².